The Bertz CT molecular complexity index is 486. The molecular formula is C16H25N3O2. The third-order valence-electron chi connectivity index (χ3n) is 3.25. The molecule has 116 valence electrons. The maximum Gasteiger partial charge on any atom is 0.195 e. The number of aliphatic imine (C=N–C) groups is 1. The predicted octanol–water partition coefficient (Wildman–Crippen LogP) is 2.88. The first kappa shape index (κ1) is 15.5. The Morgan fingerprint density at radius 1 is 1.24 bits per heavy atom. The van der Waals surface area contributed by atoms with Crippen molar-refractivity contribution in [1.29, 1.82) is 0 Å². The maximum atomic E-state index is 5.69. The molecule has 0 spiro atoms. The number of anilines is 1. The van der Waals surface area contributed by atoms with Gasteiger partial charge >= 0.3 is 0 Å². The molecule has 1 aliphatic rings. The summed E-state index contributed by atoms with van der Waals surface area (Å²) in [6.45, 7) is 6.72. The average Bonchev–Trinajstić information content (AvgIpc) is 2.70. The fourth-order valence-electron chi connectivity index (χ4n) is 2.04. The van der Waals surface area contributed by atoms with Crippen LogP contribution in [0.15, 0.2) is 23.2 Å². The zero-order chi connectivity index (χ0) is 15.1. The number of ether oxygens (including phenoxy) is 2. The van der Waals surface area contributed by atoms with Gasteiger partial charge in [0.25, 0.3) is 0 Å². The highest BCUT2D eigenvalue weighted by atomic mass is 16.5. The lowest BCUT2D eigenvalue weighted by molar-refractivity contribution is 0.297. The van der Waals surface area contributed by atoms with Gasteiger partial charge in [-0.05, 0) is 24.5 Å². The Labute approximate surface area is 126 Å². The van der Waals surface area contributed by atoms with Crippen molar-refractivity contribution in [2.45, 2.75) is 26.7 Å². The van der Waals surface area contributed by atoms with Gasteiger partial charge in [-0.3, -0.25) is 4.99 Å². The first-order valence-electron chi connectivity index (χ1n) is 7.56. The number of rotatable bonds is 4. The molecule has 1 aromatic carbocycles. The van der Waals surface area contributed by atoms with Gasteiger partial charge in [-0.2, -0.15) is 0 Å². The van der Waals surface area contributed by atoms with Crippen molar-refractivity contribution in [3.8, 4) is 11.5 Å². The molecule has 2 N–H and O–H groups in total. The molecule has 0 bridgehead atoms. The van der Waals surface area contributed by atoms with Crippen molar-refractivity contribution < 1.29 is 9.47 Å². The number of hydrogen-bond acceptors (Lipinski definition) is 3. The van der Waals surface area contributed by atoms with Crippen molar-refractivity contribution in [2.24, 2.45) is 10.9 Å². The van der Waals surface area contributed by atoms with Crippen molar-refractivity contribution in [1.82, 2.24) is 5.32 Å². The minimum Gasteiger partial charge on any atom is -0.490 e. The lowest BCUT2D eigenvalue weighted by atomic mass is 10.1. The van der Waals surface area contributed by atoms with Crippen LogP contribution in [0.4, 0.5) is 5.69 Å². The molecule has 0 radical (unpaired) electrons. The first-order chi connectivity index (χ1) is 10.2. The largest absolute Gasteiger partial charge is 0.490 e. The highest BCUT2D eigenvalue weighted by Crippen LogP contribution is 2.32. The summed E-state index contributed by atoms with van der Waals surface area (Å²) in [6.07, 6.45) is 2.03. The summed E-state index contributed by atoms with van der Waals surface area (Å²) in [5.74, 6) is 3.04. The lowest BCUT2D eigenvalue weighted by Crippen LogP contribution is -2.31. The fraction of sp³-hybridized carbons (Fsp3) is 0.562. The highest BCUT2D eigenvalue weighted by molar-refractivity contribution is 5.93. The summed E-state index contributed by atoms with van der Waals surface area (Å²) in [5.41, 5.74) is 0.942. The highest BCUT2D eigenvalue weighted by Gasteiger charge is 2.11. The molecular weight excluding hydrogens is 266 g/mol. The molecule has 0 fully saturated rings. The average molecular weight is 291 g/mol. The zero-order valence-corrected chi connectivity index (χ0v) is 13.1. The summed E-state index contributed by atoms with van der Waals surface area (Å²) in [5, 5.41) is 6.58. The van der Waals surface area contributed by atoms with Crippen LogP contribution in [0.2, 0.25) is 0 Å². The molecule has 2 rings (SSSR count). The van der Waals surface area contributed by atoms with Crippen LogP contribution >= 0.6 is 0 Å². The minimum absolute atomic E-state index is 0.675. The van der Waals surface area contributed by atoms with E-state index in [1.54, 1.807) is 7.05 Å². The maximum absolute atomic E-state index is 5.69. The topological polar surface area (TPSA) is 54.9 Å². The summed E-state index contributed by atoms with van der Waals surface area (Å²) in [4.78, 5) is 4.23. The van der Waals surface area contributed by atoms with E-state index in [1.807, 2.05) is 18.2 Å². The number of guanidine groups is 1. The van der Waals surface area contributed by atoms with Crippen LogP contribution < -0.4 is 20.1 Å². The number of nitrogens with one attached hydrogen (secondary N) is 2. The van der Waals surface area contributed by atoms with Crippen LogP contribution in [0.5, 0.6) is 11.5 Å². The number of benzene rings is 1. The van der Waals surface area contributed by atoms with E-state index in [9.17, 15) is 0 Å². The van der Waals surface area contributed by atoms with Gasteiger partial charge in [-0.1, -0.05) is 13.8 Å². The van der Waals surface area contributed by atoms with E-state index < -0.39 is 0 Å². The van der Waals surface area contributed by atoms with Crippen molar-refractivity contribution in [2.75, 3.05) is 32.1 Å². The Balaban J connectivity index is 1.96. The standard InChI is InChI=1S/C16H25N3O2/c1-12(2)7-8-18-16(17-3)19-13-5-6-14-15(11-13)21-10-4-9-20-14/h5-6,11-12H,4,7-10H2,1-3H3,(H2,17,18,19). The fourth-order valence-corrected chi connectivity index (χ4v) is 2.04. The first-order valence-corrected chi connectivity index (χ1v) is 7.56. The third-order valence-corrected chi connectivity index (χ3v) is 3.25. The SMILES string of the molecule is CN=C(NCCC(C)C)Nc1ccc2c(c1)OCCCO2. The molecule has 0 aliphatic carbocycles. The molecule has 5 nitrogen and oxygen atoms in total. The van der Waals surface area contributed by atoms with E-state index in [0.29, 0.717) is 19.1 Å². The molecule has 1 aromatic rings. The molecule has 0 atom stereocenters. The number of fused-ring (bicyclic) bond motifs is 1. The lowest BCUT2D eigenvalue weighted by Gasteiger charge is -2.14. The second-order valence-electron chi connectivity index (χ2n) is 5.52. The quantitative estimate of drug-likeness (QED) is 0.661. The van der Waals surface area contributed by atoms with Gasteiger partial charge in [-0.25, -0.2) is 0 Å². The number of hydrogen-bond donors (Lipinski definition) is 2. The van der Waals surface area contributed by atoms with E-state index in [4.69, 9.17) is 9.47 Å². The second-order valence-corrected chi connectivity index (χ2v) is 5.52. The zero-order valence-electron chi connectivity index (χ0n) is 13.1. The van der Waals surface area contributed by atoms with Gasteiger partial charge in [0.05, 0.1) is 13.2 Å². The Morgan fingerprint density at radius 3 is 2.71 bits per heavy atom. The van der Waals surface area contributed by atoms with E-state index >= 15 is 0 Å². The van der Waals surface area contributed by atoms with Gasteiger partial charge < -0.3 is 20.1 Å². The molecule has 0 aromatic heterocycles. The molecule has 0 amide bonds. The van der Waals surface area contributed by atoms with E-state index in [0.717, 1.165) is 42.5 Å². The molecule has 21 heavy (non-hydrogen) atoms. The van der Waals surface area contributed by atoms with Crippen LogP contribution in [0, 0.1) is 5.92 Å². The van der Waals surface area contributed by atoms with Crippen LogP contribution in [0.25, 0.3) is 0 Å². The Morgan fingerprint density at radius 2 is 2.00 bits per heavy atom. The summed E-state index contributed by atoms with van der Waals surface area (Å²) >= 11 is 0. The molecule has 0 saturated carbocycles. The van der Waals surface area contributed by atoms with E-state index in [1.165, 1.54) is 0 Å². The normalized spacial score (nSPS) is 14.8. The second kappa shape index (κ2) is 7.76. The van der Waals surface area contributed by atoms with Crippen LogP contribution in [0.3, 0.4) is 0 Å². The molecule has 5 heteroatoms. The predicted molar refractivity (Wildman–Crippen MR) is 86.5 cm³/mol. The molecule has 1 heterocycles. The van der Waals surface area contributed by atoms with Crippen LogP contribution in [-0.2, 0) is 0 Å². The number of nitrogens with zero attached hydrogens (tertiary/aromatic N) is 1. The van der Waals surface area contributed by atoms with E-state index in [-0.39, 0.29) is 0 Å². The van der Waals surface area contributed by atoms with Crippen molar-refractivity contribution in [3.05, 3.63) is 18.2 Å². The Hall–Kier alpha value is -1.91. The summed E-state index contributed by atoms with van der Waals surface area (Å²) in [6, 6.07) is 5.86. The van der Waals surface area contributed by atoms with E-state index in [2.05, 4.69) is 29.5 Å². The smallest absolute Gasteiger partial charge is 0.195 e. The molecule has 1 aliphatic heterocycles. The Kier molecular flexibility index (Phi) is 5.72. The van der Waals surface area contributed by atoms with Crippen LogP contribution in [0.1, 0.15) is 26.7 Å². The summed E-state index contributed by atoms with van der Waals surface area (Å²) < 4.78 is 11.3. The van der Waals surface area contributed by atoms with Crippen molar-refractivity contribution in [3.63, 3.8) is 0 Å². The monoisotopic (exact) mass is 291 g/mol. The van der Waals surface area contributed by atoms with Gasteiger partial charge in [-0.15, -0.1) is 0 Å². The molecule has 0 saturated heterocycles. The van der Waals surface area contributed by atoms with Gasteiger partial charge in [0.1, 0.15) is 0 Å². The van der Waals surface area contributed by atoms with Crippen molar-refractivity contribution >= 4 is 11.6 Å². The van der Waals surface area contributed by atoms with Gasteiger partial charge in [0, 0.05) is 31.8 Å². The molecule has 0 unspecified atom stereocenters. The minimum atomic E-state index is 0.675. The summed E-state index contributed by atoms with van der Waals surface area (Å²) in [7, 11) is 1.77. The van der Waals surface area contributed by atoms with Gasteiger partial charge in [0.15, 0.2) is 17.5 Å². The van der Waals surface area contributed by atoms with Crippen LogP contribution in [-0.4, -0.2) is 32.8 Å². The van der Waals surface area contributed by atoms with Gasteiger partial charge in [0.2, 0.25) is 0 Å². The third kappa shape index (κ3) is 4.85.